The molecule has 0 bridgehead atoms. The molecule has 0 spiro atoms. The van der Waals surface area contributed by atoms with E-state index in [9.17, 15) is 4.79 Å². The van der Waals surface area contributed by atoms with Gasteiger partial charge in [-0.25, -0.2) is 9.97 Å². The lowest BCUT2D eigenvalue weighted by molar-refractivity contribution is -0.115. The van der Waals surface area contributed by atoms with Crippen LogP contribution in [0.3, 0.4) is 0 Å². The van der Waals surface area contributed by atoms with Crippen molar-refractivity contribution in [2.45, 2.75) is 10.4 Å². The van der Waals surface area contributed by atoms with Gasteiger partial charge in [0, 0.05) is 18.1 Å². The summed E-state index contributed by atoms with van der Waals surface area (Å²) in [5, 5.41) is 3.36. The summed E-state index contributed by atoms with van der Waals surface area (Å²) < 4.78 is 5.14. The quantitative estimate of drug-likeness (QED) is 0.495. The lowest BCUT2D eigenvalue weighted by atomic mass is 10.1. The number of halogens is 1. The van der Waals surface area contributed by atoms with E-state index in [0.717, 1.165) is 5.56 Å². The second kappa shape index (κ2) is 8.69. The van der Waals surface area contributed by atoms with E-state index in [1.165, 1.54) is 11.8 Å². The average molecular weight is 386 g/mol. The van der Waals surface area contributed by atoms with Gasteiger partial charge in [-0.15, -0.1) is 0 Å². The number of benzene rings is 2. The van der Waals surface area contributed by atoms with Crippen molar-refractivity contribution in [1.82, 2.24) is 9.97 Å². The van der Waals surface area contributed by atoms with Crippen molar-refractivity contribution >= 4 is 35.0 Å². The molecule has 1 aromatic heterocycles. The first-order valence-corrected chi connectivity index (χ1v) is 9.06. The minimum absolute atomic E-state index is 0.185. The van der Waals surface area contributed by atoms with E-state index in [1.54, 1.807) is 43.8 Å². The normalized spacial score (nSPS) is 11.6. The Morgan fingerprint density at radius 2 is 1.85 bits per heavy atom. The van der Waals surface area contributed by atoms with Crippen molar-refractivity contribution in [2.75, 3.05) is 12.4 Å². The Morgan fingerprint density at radius 1 is 1.12 bits per heavy atom. The van der Waals surface area contributed by atoms with E-state index in [-0.39, 0.29) is 5.91 Å². The monoisotopic (exact) mass is 385 g/mol. The van der Waals surface area contributed by atoms with Crippen LogP contribution in [0.4, 0.5) is 5.69 Å². The predicted octanol–water partition coefficient (Wildman–Crippen LogP) is 4.61. The highest BCUT2D eigenvalue weighted by molar-refractivity contribution is 8.00. The number of carbonyl (C=O) groups excluding carboxylic acids is 1. The molecule has 1 atom stereocenters. The minimum atomic E-state index is -0.500. The van der Waals surface area contributed by atoms with Gasteiger partial charge in [-0.2, -0.15) is 0 Å². The van der Waals surface area contributed by atoms with Gasteiger partial charge in [0.05, 0.1) is 12.1 Å². The van der Waals surface area contributed by atoms with E-state index >= 15 is 0 Å². The van der Waals surface area contributed by atoms with E-state index in [1.807, 2.05) is 30.3 Å². The molecular formula is C19H16ClN3O2S. The Hall–Kier alpha value is -2.57. The van der Waals surface area contributed by atoms with Crippen LogP contribution in [0.2, 0.25) is 5.02 Å². The maximum absolute atomic E-state index is 12.9. The summed E-state index contributed by atoms with van der Waals surface area (Å²) in [4.78, 5) is 21.3. The summed E-state index contributed by atoms with van der Waals surface area (Å²) in [6, 6.07) is 16.4. The Labute approximate surface area is 160 Å². The van der Waals surface area contributed by atoms with Crippen molar-refractivity contribution in [1.29, 1.82) is 0 Å². The van der Waals surface area contributed by atoms with Gasteiger partial charge in [-0.1, -0.05) is 53.7 Å². The van der Waals surface area contributed by atoms with E-state index in [2.05, 4.69) is 15.3 Å². The first kappa shape index (κ1) is 18.2. The van der Waals surface area contributed by atoms with Crippen LogP contribution in [0.5, 0.6) is 5.75 Å². The number of nitrogens with zero attached hydrogens (tertiary/aromatic N) is 2. The Kier molecular flexibility index (Phi) is 6.09. The number of amides is 1. The first-order valence-electron chi connectivity index (χ1n) is 7.80. The zero-order valence-electron chi connectivity index (χ0n) is 13.9. The number of ether oxygens (including phenoxy) is 1. The third-order valence-electron chi connectivity index (χ3n) is 3.53. The van der Waals surface area contributed by atoms with Crippen LogP contribution in [0.1, 0.15) is 10.8 Å². The number of anilines is 1. The van der Waals surface area contributed by atoms with Gasteiger partial charge in [0.15, 0.2) is 5.16 Å². The standard InChI is InChI=1S/C19H16ClN3O2S/c1-25-16-9-8-14(12-15(16)20)23-18(24)17(13-6-3-2-4-7-13)26-19-21-10-5-11-22-19/h2-12,17H,1H3,(H,23,24)/t17-/m1/s1. The third kappa shape index (κ3) is 4.53. The number of aromatic nitrogens is 2. The third-order valence-corrected chi connectivity index (χ3v) is 4.96. The molecule has 0 aliphatic carbocycles. The second-order valence-electron chi connectivity index (χ2n) is 5.28. The SMILES string of the molecule is COc1ccc(NC(=O)[C@H](Sc2ncccn2)c2ccccc2)cc1Cl. The van der Waals surface area contributed by atoms with Crippen LogP contribution in [0, 0.1) is 0 Å². The van der Waals surface area contributed by atoms with E-state index in [4.69, 9.17) is 16.3 Å². The van der Waals surface area contributed by atoms with Gasteiger partial charge in [-0.05, 0) is 29.8 Å². The van der Waals surface area contributed by atoms with Crippen molar-refractivity contribution in [2.24, 2.45) is 0 Å². The highest BCUT2D eigenvalue weighted by atomic mass is 35.5. The largest absolute Gasteiger partial charge is 0.495 e. The Bertz CT molecular complexity index is 878. The Morgan fingerprint density at radius 3 is 2.50 bits per heavy atom. The van der Waals surface area contributed by atoms with E-state index in [0.29, 0.717) is 21.6 Å². The maximum atomic E-state index is 12.9. The molecule has 0 fully saturated rings. The molecule has 7 heteroatoms. The van der Waals surface area contributed by atoms with E-state index < -0.39 is 5.25 Å². The lowest BCUT2D eigenvalue weighted by Gasteiger charge is -2.16. The van der Waals surface area contributed by atoms with Crippen LogP contribution in [-0.4, -0.2) is 23.0 Å². The molecule has 26 heavy (non-hydrogen) atoms. The molecule has 132 valence electrons. The van der Waals surface area contributed by atoms with Gasteiger partial charge >= 0.3 is 0 Å². The maximum Gasteiger partial charge on any atom is 0.242 e. The van der Waals surface area contributed by atoms with Gasteiger partial charge in [0.25, 0.3) is 0 Å². The molecule has 3 aromatic rings. The van der Waals surface area contributed by atoms with Crippen molar-refractivity contribution in [3.05, 3.63) is 77.6 Å². The summed E-state index contributed by atoms with van der Waals surface area (Å²) in [7, 11) is 1.54. The number of rotatable bonds is 6. The molecule has 5 nitrogen and oxygen atoms in total. The number of hydrogen-bond acceptors (Lipinski definition) is 5. The summed E-state index contributed by atoms with van der Waals surface area (Å²) in [5.74, 6) is 0.367. The topological polar surface area (TPSA) is 64.1 Å². The molecule has 3 rings (SSSR count). The molecule has 0 saturated heterocycles. The van der Waals surface area contributed by atoms with Crippen LogP contribution in [-0.2, 0) is 4.79 Å². The summed E-state index contributed by atoms with van der Waals surface area (Å²) in [6.45, 7) is 0. The fourth-order valence-corrected chi connectivity index (χ4v) is 3.48. The number of nitrogens with one attached hydrogen (secondary N) is 1. The minimum Gasteiger partial charge on any atom is -0.495 e. The molecule has 0 radical (unpaired) electrons. The fraction of sp³-hybridized carbons (Fsp3) is 0.105. The predicted molar refractivity (Wildman–Crippen MR) is 104 cm³/mol. The zero-order valence-corrected chi connectivity index (χ0v) is 15.5. The van der Waals surface area contributed by atoms with Gasteiger partial charge < -0.3 is 10.1 Å². The van der Waals surface area contributed by atoms with Crippen LogP contribution in [0.15, 0.2) is 72.1 Å². The summed E-state index contributed by atoms with van der Waals surface area (Å²) >= 11 is 7.43. The molecule has 2 aromatic carbocycles. The smallest absolute Gasteiger partial charge is 0.242 e. The molecule has 0 saturated carbocycles. The van der Waals surface area contributed by atoms with Crippen LogP contribution < -0.4 is 10.1 Å². The number of hydrogen-bond donors (Lipinski definition) is 1. The lowest BCUT2D eigenvalue weighted by Crippen LogP contribution is -2.19. The van der Waals surface area contributed by atoms with Crippen LogP contribution >= 0.6 is 23.4 Å². The highest BCUT2D eigenvalue weighted by Crippen LogP contribution is 2.35. The Balaban J connectivity index is 1.84. The number of thioether (sulfide) groups is 1. The van der Waals surface area contributed by atoms with Gasteiger partial charge in [0.2, 0.25) is 5.91 Å². The van der Waals surface area contributed by atoms with Gasteiger partial charge in [0.1, 0.15) is 11.0 Å². The first-order chi connectivity index (χ1) is 12.7. The molecule has 1 amide bonds. The highest BCUT2D eigenvalue weighted by Gasteiger charge is 2.23. The van der Waals surface area contributed by atoms with Crippen molar-refractivity contribution in [3.63, 3.8) is 0 Å². The molecule has 0 aliphatic rings. The molecule has 0 unspecified atom stereocenters. The van der Waals surface area contributed by atoms with Gasteiger partial charge in [-0.3, -0.25) is 4.79 Å². The van der Waals surface area contributed by atoms with Crippen molar-refractivity contribution in [3.8, 4) is 5.75 Å². The average Bonchev–Trinajstić information content (AvgIpc) is 2.68. The number of methoxy groups -OCH3 is 1. The molecule has 0 aliphatic heterocycles. The number of carbonyl (C=O) groups is 1. The molecule has 1 N–H and O–H groups in total. The van der Waals surface area contributed by atoms with Crippen molar-refractivity contribution < 1.29 is 9.53 Å². The molecular weight excluding hydrogens is 370 g/mol. The zero-order chi connectivity index (χ0) is 18.4. The van der Waals surface area contributed by atoms with Crippen LogP contribution in [0.25, 0.3) is 0 Å². The second-order valence-corrected chi connectivity index (χ2v) is 6.76. The summed E-state index contributed by atoms with van der Waals surface area (Å²) in [5.41, 5.74) is 1.46. The fourth-order valence-electron chi connectivity index (χ4n) is 2.30. The summed E-state index contributed by atoms with van der Waals surface area (Å²) in [6.07, 6.45) is 3.30. The molecule has 1 heterocycles.